The van der Waals surface area contributed by atoms with Crippen molar-refractivity contribution in [3.05, 3.63) is 38.3 Å². The summed E-state index contributed by atoms with van der Waals surface area (Å²) in [7, 11) is 0. The molecule has 0 amide bonds. The minimum absolute atomic E-state index is 0.0545. The van der Waals surface area contributed by atoms with Gasteiger partial charge in [0.25, 0.3) is 5.69 Å². The summed E-state index contributed by atoms with van der Waals surface area (Å²) in [6.07, 6.45) is 2.82. The van der Waals surface area contributed by atoms with Gasteiger partial charge in [0.1, 0.15) is 5.78 Å². The number of Topliss-reactive ketones (excluding diaryl/α,β-unsaturated/α-hetero) is 1. The molecule has 0 unspecified atom stereocenters. The molecular weight excluding hydrogens is 314 g/mol. The van der Waals surface area contributed by atoms with Crippen molar-refractivity contribution in [1.82, 2.24) is 0 Å². The number of hydrogen-bond acceptors (Lipinski definition) is 4. The monoisotopic (exact) mass is 327 g/mol. The number of ether oxygens (including phenoxy) is 1. The predicted molar refractivity (Wildman–Crippen MR) is 72.8 cm³/mol. The zero-order valence-electron chi connectivity index (χ0n) is 10.3. The topological polar surface area (TPSA) is 69.4 Å². The van der Waals surface area contributed by atoms with Crippen molar-refractivity contribution in [3.8, 4) is 0 Å². The van der Waals surface area contributed by atoms with E-state index in [2.05, 4.69) is 15.9 Å². The lowest BCUT2D eigenvalue weighted by Gasteiger charge is -2.21. The highest BCUT2D eigenvalue weighted by atomic mass is 79.9. The fraction of sp³-hybridized carbons (Fsp3) is 0.462. The molecule has 5 nitrogen and oxygen atoms in total. The highest BCUT2D eigenvalue weighted by Gasteiger charge is 2.19. The van der Waals surface area contributed by atoms with Crippen LogP contribution >= 0.6 is 15.9 Å². The Hall–Kier alpha value is -1.27. The van der Waals surface area contributed by atoms with Crippen LogP contribution in [0.3, 0.4) is 0 Å². The first kappa shape index (κ1) is 14.1. The molecule has 0 aliphatic heterocycles. The number of ketones is 1. The first-order valence-electron chi connectivity index (χ1n) is 6.12. The van der Waals surface area contributed by atoms with Crippen LogP contribution < -0.4 is 0 Å². The molecule has 0 atom stereocenters. The van der Waals surface area contributed by atoms with Gasteiger partial charge in [0.05, 0.1) is 17.6 Å². The van der Waals surface area contributed by atoms with E-state index in [9.17, 15) is 14.9 Å². The first-order valence-corrected chi connectivity index (χ1v) is 6.91. The maximum absolute atomic E-state index is 11.1. The van der Waals surface area contributed by atoms with Gasteiger partial charge in [0.15, 0.2) is 0 Å². The van der Waals surface area contributed by atoms with E-state index in [4.69, 9.17) is 4.74 Å². The largest absolute Gasteiger partial charge is 0.373 e. The minimum atomic E-state index is -0.428. The lowest BCUT2D eigenvalue weighted by atomic mass is 9.96. The predicted octanol–water partition coefficient (Wildman–Crippen LogP) is 3.39. The SMILES string of the molecule is O=C1CCC(OCc2ccc([N+](=O)[O-])cc2Br)CC1. The van der Waals surface area contributed by atoms with Gasteiger partial charge in [-0.05, 0) is 24.5 Å². The van der Waals surface area contributed by atoms with Crippen LogP contribution in [0.4, 0.5) is 5.69 Å². The molecule has 19 heavy (non-hydrogen) atoms. The van der Waals surface area contributed by atoms with Gasteiger partial charge in [-0.1, -0.05) is 15.9 Å². The van der Waals surface area contributed by atoms with Gasteiger partial charge in [-0.3, -0.25) is 14.9 Å². The van der Waals surface area contributed by atoms with Gasteiger partial charge in [-0.25, -0.2) is 0 Å². The van der Waals surface area contributed by atoms with Crippen LogP contribution in [0.5, 0.6) is 0 Å². The smallest absolute Gasteiger partial charge is 0.270 e. The number of carbonyl (C=O) groups excluding carboxylic acids is 1. The quantitative estimate of drug-likeness (QED) is 0.627. The molecule has 1 aromatic rings. The van der Waals surface area contributed by atoms with Crippen LogP contribution in [0.1, 0.15) is 31.2 Å². The summed E-state index contributed by atoms with van der Waals surface area (Å²) in [5.74, 6) is 0.302. The zero-order valence-corrected chi connectivity index (χ0v) is 11.9. The van der Waals surface area contributed by atoms with Crippen molar-refractivity contribution in [2.45, 2.75) is 38.4 Å². The molecule has 6 heteroatoms. The van der Waals surface area contributed by atoms with Gasteiger partial charge < -0.3 is 4.74 Å². The van der Waals surface area contributed by atoms with Crippen molar-refractivity contribution < 1.29 is 14.5 Å². The Morgan fingerprint density at radius 3 is 2.63 bits per heavy atom. The average Bonchev–Trinajstić information content (AvgIpc) is 2.39. The number of halogens is 1. The number of benzene rings is 1. The summed E-state index contributed by atoms with van der Waals surface area (Å²) >= 11 is 3.31. The maximum Gasteiger partial charge on any atom is 0.270 e. The van der Waals surface area contributed by atoms with Crippen LogP contribution in [0.15, 0.2) is 22.7 Å². The van der Waals surface area contributed by atoms with Crippen LogP contribution in [0, 0.1) is 10.1 Å². The lowest BCUT2D eigenvalue weighted by molar-refractivity contribution is -0.384. The van der Waals surface area contributed by atoms with E-state index in [1.807, 2.05) is 0 Å². The van der Waals surface area contributed by atoms with Crippen molar-refractivity contribution in [3.63, 3.8) is 0 Å². The summed E-state index contributed by atoms with van der Waals surface area (Å²) in [6.45, 7) is 0.400. The Morgan fingerprint density at radius 2 is 2.05 bits per heavy atom. The van der Waals surface area contributed by atoms with E-state index in [0.29, 0.717) is 29.7 Å². The molecule has 0 heterocycles. The van der Waals surface area contributed by atoms with Crippen molar-refractivity contribution in [2.75, 3.05) is 0 Å². The summed E-state index contributed by atoms with van der Waals surface area (Å²) in [5.41, 5.74) is 0.932. The van der Waals surface area contributed by atoms with Gasteiger partial charge in [-0.2, -0.15) is 0 Å². The number of nitro groups is 1. The Morgan fingerprint density at radius 1 is 1.37 bits per heavy atom. The van der Waals surface area contributed by atoms with Gasteiger partial charge >= 0.3 is 0 Å². The fourth-order valence-electron chi connectivity index (χ4n) is 2.05. The normalized spacial score (nSPS) is 16.6. The highest BCUT2D eigenvalue weighted by molar-refractivity contribution is 9.10. The molecule has 1 aliphatic rings. The van der Waals surface area contributed by atoms with Crippen LogP contribution in [0.2, 0.25) is 0 Å². The molecule has 1 fully saturated rings. The van der Waals surface area contributed by atoms with E-state index >= 15 is 0 Å². The molecule has 0 aromatic heterocycles. The molecule has 0 N–H and O–H groups in total. The molecule has 1 saturated carbocycles. The average molecular weight is 328 g/mol. The number of nitrogens with zero attached hydrogens (tertiary/aromatic N) is 1. The number of carbonyl (C=O) groups is 1. The molecule has 0 spiro atoms. The summed E-state index contributed by atoms with van der Waals surface area (Å²) in [4.78, 5) is 21.3. The Kier molecular flexibility index (Phi) is 4.66. The third-order valence-electron chi connectivity index (χ3n) is 3.21. The second-order valence-electron chi connectivity index (χ2n) is 4.58. The van der Waals surface area contributed by atoms with Crippen molar-refractivity contribution >= 4 is 27.4 Å². The maximum atomic E-state index is 11.1. The Balaban J connectivity index is 1.92. The zero-order chi connectivity index (χ0) is 13.8. The van der Waals surface area contributed by atoms with E-state index in [1.54, 1.807) is 6.07 Å². The molecule has 0 saturated heterocycles. The van der Waals surface area contributed by atoms with Crippen LogP contribution in [-0.2, 0) is 16.1 Å². The standard InChI is InChI=1S/C13H14BrNO4/c14-13-7-10(15(17)18)2-1-9(13)8-19-12-5-3-11(16)4-6-12/h1-2,7,12H,3-6,8H2. The highest BCUT2D eigenvalue weighted by Crippen LogP contribution is 2.25. The number of nitro benzene ring substituents is 1. The van der Waals surface area contributed by atoms with Crippen molar-refractivity contribution in [2.24, 2.45) is 0 Å². The molecule has 2 rings (SSSR count). The molecule has 1 aromatic carbocycles. The molecule has 0 radical (unpaired) electrons. The van der Waals surface area contributed by atoms with E-state index < -0.39 is 4.92 Å². The second-order valence-corrected chi connectivity index (χ2v) is 5.44. The molecule has 1 aliphatic carbocycles. The summed E-state index contributed by atoms with van der Waals surface area (Å²) < 4.78 is 6.42. The third-order valence-corrected chi connectivity index (χ3v) is 3.95. The molecular formula is C13H14BrNO4. The lowest BCUT2D eigenvalue weighted by Crippen LogP contribution is -2.21. The number of rotatable bonds is 4. The van der Waals surface area contributed by atoms with Crippen molar-refractivity contribution in [1.29, 1.82) is 0 Å². The van der Waals surface area contributed by atoms with Gasteiger partial charge in [-0.15, -0.1) is 0 Å². The number of non-ortho nitro benzene ring substituents is 1. The van der Waals surface area contributed by atoms with Crippen LogP contribution in [-0.4, -0.2) is 16.8 Å². The second kappa shape index (κ2) is 6.25. The summed E-state index contributed by atoms with van der Waals surface area (Å²) in [6, 6.07) is 4.63. The fourth-order valence-corrected chi connectivity index (χ4v) is 2.54. The van der Waals surface area contributed by atoms with Gasteiger partial charge in [0.2, 0.25) is 0 Å². The first-order chi connectivity index (χ1) is 9.06. The Labute approximate surface area is 119 Å². The number of hydrogen-bond donors (Lipinski definition) is 0. The Bertz CT molecular complexity index is 493. The molecule has 102 valence electrons. The van der Waals surface area contributed by atoms with Crippen LogP contribution in [0.25, 0.3) is 0 Å². The third kappa shape index (κ3) is 3.84. The van der Waals surface area contributed by atoms with E-state index in [0.717, 1.165) is 18.4 Å². The minimum Gasteiger partial charge on any atom is -0.373 e. The molecule has 0 bridgehead atoms. The van der Waals surface area contributed by atoms with E-state index in [1.165, 1.54) is 12.1 Å². The van der Waals surface area contributed by atoms with E-state index in [-0.39, 0.29) is 11.8 Å². The summed E-state index contributed by atoms with van der Waals surface area (Å²) in [5, 5.41) is 10.6. The van der Waals surface area contributed by atoms with Gasteiger partial charge in [0, 0.05) is 29.4 Å².